The fraction of sp³-hybridized carbons (Fsp3) is 0.0769. The number of hydrogen-bond acceptors (Lipinski definition) is 5. The van der Waals surface area contributed by atoms with Crippen molar-refractivity contribution >= 4 is 5.82 Å². The van der Waals surface area contributed by atoms with E-state index < -0.39 is 0 Å². The normalized spacial score (nSPS) is 9.28. The molecule has 1 aromatic carbocycles. The minimum Gasteiger partial charge on any atom is -0.276 e. The van der Waals surface area contributed by atoms with E-state index in [0.717, 1.165) is 5.56 Å². The molecule has 0 saturated carbocycles. The molecule has 0 saturated heterocycles. The number of nitriles is 2. The van der Waals surface area contributed by atoms with E-state index in [2.05, 4.69) is 15.3 Å². The Labute approximate surface area is 104 Å². The number of hydrogen-bond donors (Lipinski definition) is 1. The third-order valence-electron chi connectivity index (χ3n) is 2.35. The Balaban J connectivity index is 2.68. The van der Waals surface area contributed by atoms with Gasteiger partial charge in [-0.25, -0.2) is 9.97 Å². The van der Waals surface area contributed by atoms with Crippen LogP contribution in [0.25, 0.3) is 11.3 Å². The molecule has 5 nitrogen and oxygen atoms in total. The number of rotatable bonds is 2. The largest absolute Gasteiger partial charge is 0.276 e. The first kappa shape index (κ1) is 11.6. The molecule has 1 N–H and O–H groups in total. The van der Waals surface area contributed by atoms with Crippen molar-refractivity contribution in [2.75, 3.05) is 5.32 Å². The second kappa shape index (κ2) is 4.94. The highest BCUT2D eigenvalue weighted by molar-refractivity contribution is 5.73. The summed E-state index contributed by atoms with van der Waals surface area (Å²) in [7, 11) is 0. The van der Waals surface area contributed by atoms with Crippen LogP contribution in [-0.2, 0) is 0 Å². The maximum absolute atomic E-state index is 9.20. The average Bonchev–Trinajstić information content (AvgIpc) is 2.39. The van der Waals surface area contributed by atoms with Crippen LogP contribution in [0.1, 0.15) is 11.4 Å². The van der Waals surface area contributed by atoms with Gasteiger partial charge in [0.1, 0.15) is 17.5 Å². The van der Waals surface area contributed by atoms with Crippen LogP contribution in [0.3, 0.4) is 0 Å². The van der Waals surface area contributed by atoms with Gasteiger partial charge in [0.15, 0.2) is 12.0 Å². The van der Waals surface area contributed by atoms with E-state index in [9.17, 15) is 5.26 Å². The minimum absolute atomic E-state index is 0.242. The number of nitrogens with zero attached hydrogens (tertiary/aromatic N) is 4. The smallest absolute Gasteiger partial charge is 0.182 e. The van der Waals surface area contributed by atoms with Crippen LogP contribution in [-0.4, -0.2) is 9.97 Å². The summed E-state index contributed by atoms with van der Waals surface area (Å²) >= 11 is 0. The van der Waals surface area contributed by atoms with E-state index in [1.54, 1.807) is 13.1 Å². The Morgan fingerprint density at radius 3 is 2.44 bits per heavy atom. The van der Waals surface area contributed by atoms with Crippen LogP contribution in [0.2, 0.25) is 0 Å². The van der Waals surface area contributed by atoms with Gasteiger partial charge in [0.2, 0.25) is 0 Å². The minimum atomic E-state index is 0.242. The molecule has 0 amide bonds. The van der Waals surface area contributed by atoms with Crippen molar-refractivity contribution in [3.8, 4) is 23.5 Å². The van der Waals surface area contributed by atoms with Gasteiger partial charge in [-0.3, -0.25) is 5.32 Å². The number of aromatic nitrogens is 2. The molecule has 0 radical (unpaired) electrons. The highest BCUT2D eigenvalue weighted by Crippen LogP contribution is 2.25. The van der Waals surface area contributed by atoms with E-state index in [1.807, 2.05) is 36.4 Å². The van der Waals surface area contributed by atoms with Crippen molar-refractivity contribution in [2.45, 2.75) is 6.92 Å². The lowest BCUT2D eigenvalue weighted by Crippen LogP contribution is -2.03. The van der Waals surface area contributed by atoms with E-state index in [0.29, 0.717) is 11.5 Å². The lowest BCUT2D eigenvalue weighted by atomic mass is 10.1. The SMILES string of the molecule is Cc1nc(NC#N)c(C#N)c(-c2ccccc2)n1. The summed E-state index contributed by atoms with van der Waals surface area (Å²) in [5, 5.41) is 20.3. The summed E-state index contributed by atoms with van der Waals surface area (Å²) in [6, 6.07) is 11.4. The van der Waals surface area contributed by atoms with Crippen LogP contribution >= 0.6 is 0 Å². The quantitative estimate of drug-likeness (QED) is 0.637. The zero-order valence-electron chi connectivity index (χ0n) is 9.68. The molecule has 0 spiro atoms. The van der Waals surface area contributed by atoms with E-state index in [-0.39, 0.29) is 11.4 Å². The molecule has 1 aromatic heterocycles. The monoisotopic (exact) mass is 235 g/mol. The van der Waals surface area contributed by atoms with Crippen molar-refractivity contribution in [3.05, 3.63) is 41.7 Å². The molecule has 0 aliphatic rings. The first-order chi connectivity index (χ1) is 8.76. The van der Waals surface area contributed by atoms with Crippen molar-refractivity contribution in [1.29, 1.82) is 10.5 Å². The number of nitrogens with one attached hydrogen (secondary N) is 1. The van der Waals surface area contributed by atoms with E-state index >= 15 is 0 Å². The molecule has 1 heterocycles. The topological polar surface area (TPSA) is 85.4 Å². The molecule has 2 aromatic rings. The van der Waals surface area contributed by atoms with Gasteiger partial charge in [0.25, 0.3) is 0 Å². The Kier molecular flexibility index (Phi) is 3.17. The molecule has 0 bridgehead atoms. The van der Waals surface area contributed by atoms with Crippen LogP contribution in [0, 0.1) is 29.7 Å². The predicted molar refractivity (Wildman–Crippen MR) is 66.2 cm³/mol. The van der Waals surface area contributed by atoms with Gasteiger partial charge in [0, 0.05) is 5.56 Å². The standard InChI is InChI=1S/C13H9N5/c1-9-17-12(10-5-3-2-4-6-10)11(7-14)13(18-9)16-8-15/h2-6H,1H3,(H,16,17,18). The van der Waals surface area contributed by atoms with Gasteiger partial charge in [0.05, 0.1) is 5.69 Å². The first-order valence-electron chi connectivity index (χ1n) is 5.25. The lowest BCUT2D eigenvalue weighted by Gasteiger charge is -2.07. The summed E-state index contributed by atoms with van der Waals surface area (Å²) in [5.41, 5.74) is 1.62. The van der Waals surface area contributed by atoms with E-state index in [1.165, 1.54) is 0 Å². The van der Waals surface area contributed by atoms with Crippen molar-refractivity contribution < 1.29 is 0 Å². The second-order valence-electron chi connectivity index (χ2n) is 3.56. The molecular weight excluding hydrogens is 226 g/mol. The van der Waals surface area contributed by atoms with Gasteiger partial charge >= 0.3 is 0 Å². The van der Waals surface area contributed by atoms with Gasteiger partial charge in [-0.05, 0) is 6.92 Å². The number of anilines is 1. The molecule has 0 aliphatic heterocycles. The Morgan fingerprint density at radius 2 is 1.83 bits per heavy atom. The molecule has 0 unspecified atom stereocenters. The molecule has 0 aliphatic carbocycles. The maximum atomic E-state index is 9.20. The third-order valence-corrected chi connectivity index (χ3v) is 2.35. The highest BCUT2D eigenvalue weighted by Gasteiger charge is 2.14. The molecule has 2 rings (SSSR count). The average molecular weight is 235 g/mol. The Morgan fingerprint density at radius 1 is 1.11 bits per heavy atom. The zero-order valence-corrected chi connectivity index (χ0v) is 9.68. The Hall–Kier alpha value is -2.92. The summed E-state index contributed by atoms with van der Waals surface area (Å²) in [4.78, 5) is 8.33. The lowest BCUT2D eigenvalue weighted by molar-refractivity contribution is 1.05. The predicted octanol–water partition coefficient (Wildman–Crippen LogP) is 2.22. The number of benzene rings is 1. The second-order valence-corrected chi connectivity index (χ2v) is 3.56. The molecule has 5 heteroatoms. The fourth-order valence-corrected chi connectivity index (χ4v) is 1.63. The molecule has 18 heavy (non-hydrogen) atoms. The summed E-state index contributed by atoms with van der Waals surface area (Å²) in [6.07, 6.45) is 1.77. The van der Waals surface area contributed by atoms with Gasteiger partial charge in [-0.1, -0.05) is 30.3 Å². The van der Waals surface area contributed by atoms with Crippen molar-refractivity contribution in [1.82, 2.24) is 9.97 Å². The van der Waals surface area contributed by atoms with Crippen LogP contribution in [0.4, 0.5) is 5.82 Å². The number of aryl methyl sites for hydroxylation is 1. The molecule has 0 fully saturated rings. The van der Waals surface area contributed by atoms with Crippen LogP contribution in [0.15, 0.2) is 30.3 Å². The summed E-state index contributed by atoms with van der Waals surface area (Å²) in [5.74, 6) is 0.747. The van der Waals surface area contributed by atoms with Gasteiger partial charge in [-0.15, -0.1) is 0 Å². The van der Waals surface area contributed by atoms with Crippen LogP contribution in [0.5, 0.6) is 0 Å². The van der Waals surface area contributed by atoms with Gasteiger partial charge in [-0.2, -0.15) is 10.5 Å². The van der Waals surface area contributed by atoms with Crippen molar-refractivity contribution in [3.63, 3.8) is 0 Å². The summed E-state index contributed by atoms with van der Waals surface area (Å²) in [6.45, 7) is 1.72. The van der Waals surface area contributed by atoms with Gasteiger partial charge < -0.3 is 0 Å². The van der Waals surface area contributed by atoms with E-state index in [4.69, 9.17) is 5.26 Å². The highest BCUT2D eigenvalue weighted by atomic mass is 15.0. The zero-order chi connectivity index (χ0) is 13.0. The maximum Gasteiger partial charge on any atom is 0.182 e. The molecule has 86 valence electrons. The fourth-order valence-electron chi connectivity index (χ4n) is 1.63. The third kappa shape index (κ3) is 2.11. The molecule has 0 atom stereocenters. The van der Waals surface area contributed by atoms with Crippen molar-refractivity contribution in [2.24, 2.45) is 0 Å². The Bertz CT molecular complexity index is 650. The molecular formula is C13H9N5. The summed E-state index contributed by atoms with van der Waals surface area (Å²) < 4.78 is 0. The first-order valence-corrected chi connectivity index (χ1v) is 5.25. The van der Waals surface area contributed by atoms with Crippen LogP contribution < -0.4 is 5.32 Å².